The number of aromatic nitrogens is 1. The number of ether oxygens (including phenoxy) is 1. The number of aliphatic hydroxyl groups is 1. The Morgan fingerprint density at radius 3 is 2.81 bits per heavy atom. The van der Waals surface area contributed by atoms with Crippen molar-refractivity contribution >= 4 is 34.9 Å². The molecule has 1 rings (SSSR count). The van der Waals surface area contributed by atoms with E-state index in [9.17, 15) is 9.90 Å². The number of nitrogens with zero attached hydrogens (tertiary/aromatic N) is 1. The van der Waals surface area contributed by atoms with Crippen molar-refractivity contribution < 1.29 is 14.6 Å². The third-order valence-corrected chi connectivity index (χ3v) is 2.13. The summed E-state index contributed by atoms with van der Waals surface area (Å²) in [4.78, 5) is 14.8. The predicted molar refractivity (Wildman–Crippen MR) is 61.5 cm³/mol. The SMILES string of the molecule is CCOC(=O)C=C(O)c1ccc(Cl)nc1Cl. The van der Waals surface area contributed by atoms with Gasteiger partial charge in [-0.2, -0.15) is 0 Å². The van der Waals surface area contributed by atoms with Crippen molar-refractivity contribution in [1.29, 1.82) is 0 Å². The summed E-state index contributed by atoms with van der Waals surface area (Å²) in [5.41, 5.74) is 0.221. The summed E-state index contributed by atoms with van der Waals surface area (Å²) in [6.07, 6.45) is 0.931. The summed E-state index contributed by atoms with van der Waals surface area (Å²) in [5, 5.41) is 9.81. The normalized spacial score (nSPS) is 11.3. The number of hydrogen-bond acceptors (Lipinski definition) is 4. The lowest BCUT2D eigenvalue weighted by Crippen LogP contribution is -2.01. The minimum atomic E-state index is -0.647. The molecule has 0 bridgehead atoms. The number of hydrogen-bond donors (Lipinski definition) is 1. The van der Waals surface area contributed by atoms with Gasteiger partial charge in [0.15, 0.2) is 0 Å². The maximum atomic E-state index is 11.1. The molecule has 6 heteroatoms. The highest BCUT2D eigenvalue weighted by molar-refractivity contribution is 6.33. The molecule has 0 amide bonds. The van der Waals surface area contributed by atoms with Gasteiger partial charge in [0.05, 0.1) is 18.2 Å². The fourth-order valence-corrected chi connectivity index (χ4v) is 1.42. The summed E-state index contributed by atoms with van der Waals surface area (Å²) in [5.74, 6) is -0.960. The van der Waals surface area contributed by atoms with Crippen molar-refractivity contribution in [3.05, 3.63) is 34.1 Å². The summed E-state index contributed by atoms with van der Waals surface area (Å²) >= 11 is 11.3. The highest BCUT2D eigenvalue weighted by Crippen LogP contribution is 2.22. The first-order valence-corrected chi connectivity index (χ1v) is 5.20. The van der Waals surface area contributed by atoms with Crippen LogP contribution in [0.1, 0.15) is 12.5 Å². The van der Waals surface area contributed by atoms with Gasteiger partial charge in [-0.25, -0.2) is 9.78 Å². The van der Waals surface area contributed by atoms with Crippen LogP contribution in [0.3, 0.4) is 0 Å². The molecule has 0 spiro atoms. The average molecular weight is 262 g/mol. The Bertz CT molecular complexity index is 432. The molecule has 0 radical (unpaired) electrons. The maximum Gasteiger partial charge on any atom is 0.334 e. The first-order valence-electron chi connectivity index (χ1n) is 4.44. The Kier molecular flexibility index (Phi) is 4.58. The molecule has 1 aromatic heterocycles. The molecule has 0 unspecified atom stereocenters. The average Bonchev–Trinajstić information content (AvgIpc) is 2.17. The molecule has 1 heterocycles. The fourth-order valence-electron chi connectivity index (χ4n) is 0.976. The molecule has 1 aromatic rings. The van der Waals surface area contributed by atoms with Crippen LogP contribution in [0.15, 0.2) is 18.2 Å². The molecule has 1 N–H and O–H groups in total. The van der Waals surface area contributed by atoms with E-state index in [-0.39, 0.29) is 28.2 Å². The summed E-state index contributed by atoms with van der Waals surface area (Å²) in [6.45, 7) is 1.90. The molecule has 0 saturated carbocycles. The zero-order valence-corrected chi connectivity index (χ0v) is 9.92. The van der Waals surface area contributed by atoms with E-state index >= 15 is 0 Å². The van der Waals surface area contributed by atoms with Gasteiger partial charge in [-0.1, -0.05) is 23.2 Å². The Morgan fingerprint density at radius 1 is 1.56 bits per heavy atom. The first kappa shape index (κ1) is 12.8. The van der Waals surface area contributed by atoms with Crippen LogP contribution < -0.4 is 0 Å². The second-order valence-corrected chi connectivity index (χ2v) is 3.50. The summed E-state index contributed by atoms with van der Waals surface area (Å²) in [6, 6.07) is 2.92. The van der Waals surface area contributed by atoms with Crippen LogP contribution in [0.5, 0.6) is 0 Å². The van der Waals surface area contributed by atoms with Crippen molar-refractivity contribution in [2.45, 2.75) is 6.92 Å². The van der Waals surface area contributed by atoms with Crippen LogP contribution in [-0.2, 0) is 9.53 Å². The van der Waals surface area contributed by atoms with Gasteiger partial charge in [0.1, 0.15) is 16.1 Å². The van der Waals surface area contributed by atoms with E-state index in [2.05, 4.69) is 9.72 Å². The number of aliphatic hydroxyl groups excluding tert-OH is 1. The molecule has 0 aromatic carbocycles. The number of carbonyl (C=O) groups excluding carboxylic acids is 1. The van der Waals surface area contributed by atoms with Crippen LogP contribution in [0.25, 0.3) is 5.76 Å². The van der Waals surface area contributed by atoms with Gasteiger partial charge >= 0.3 is 5.97 Å². The van der Waals surface area contributed by atoms with Crippen LogP contribution in [-0.4, -0.2) is 22.7 Å². The van der Waals surface area contributed by atoms with Gasteiger partial charge < -0.3 is 9.84 Å². The van der Waals surface area contributed by atoms with E-state index in [4.69, 9.17) is 23.2 Å². The minimum Gasteiger partial charge on any atom is -0.507 e. The van der Waals surface area contributed by atoms with E-state index in [0.717, 1.165) is 6.08 Å². The molecule has 0 atom stereocenters. The Hall–Kier alpha value is -1.26. The van der Waals surface area contributed by atoms with Crippen LogP contribution in [0, 0.1) is 0 Å². The predicted octanol–water partition coefficient (Wildman–Crippen LogP) is 2.85. The lowest BCUT2D eigenvalue weighted by atomic mass is 10.2. The monoisotopic (exact) mass is 261 g/mol. The molecule has 0 aliphatic carbocycles. The van der Waals surface area contributed by atoms with E-state index in [1.54, 1.807) is 6.92 Å². The second kappa shape index (κ2) is 5.72. The van der Waals surface area contributed by atoms with Gasteiger partial charge in [0.25, 0.3) is 0 Å². The van der Waals surface area contributed by atoms with Gasteiger partial charge in [0.2, 0.25) is 0 Å². The Morgan fingerprint density at radius 2 is 2.25 bits per heavy atom. The summed E-state index contributed by atoms with van der Waals surface area (Å²) < 4.78 is 4.63. The lowest BCUT2D eigenvalue weighted by Gasteiger charge is -2.02. The van der Waals surface area contributed by atoms with Crippen molar-refractivity contribution in [3.63, 3.8) is 0 Å². The maximum absolute atomic E-state index is 11.1. The standard InChI is InChI=1S/C10H9Cl2NO3/c1-2-16-9(15)5-7(14)6-3-4-8(11)13-10(6)12/h3-5,14H,2H2,1H3. The zero-order valence-electron chi connectivity index (χ0n) is 8.41. The van der Waals surface area contributed by atoms with E-state index in [1.165, 1.54) is 12.1 Å². The molecule has 86 valence electrons. The number of halogens is 2. The van der Waals surface area contributed by atoms with Crippen LogP contribution >= 0.6 is 23.2 Å². The van der Waals surface area contributed by atoms with E-state index in [1.807, 2.05) is 0 Å². The fraction of sp³-hybridized carbons (Fsp3) is 0.200. The van der Waals surface area contributed by atoms with Gasteiger partial charge in [-0.3, -0.25) is 0 Å². The van der Waals surface area contributed by atoms with Crippen molar-refractivity contribution in [1.82, 2.24) is 4.98 Å². The number of pyridine rings is 1. The largest absolute Gasteiger partial charge is 0.507 e. The molecular weight excluding hydrogens is 253 g/mol. The molecule has 16 heavy (non-hydrogen) atoms. The zero-order chi connectivity index (χ0) is 12.1. The highest BCUT2D eigenvalue weighted by atomic mass is 35.5. The number of carbonyl (C=O) groups is 1. The Labute approximate surface area is 102 Å². The molecule has 0 aliphatic heterocycles. The van der Waals surface area contributed by atoms with E-state index < -0.39 is 5.97 Å². The van der Waals surface area contributed by atoms with Gasteiger partial charge in [0, 0.05) is 0 Å². The number of esters is 1. The Balaban J connectivity index is 2.96. The first-order chi connectivity index (χ1) is 7.54. The van der Waals surface area contributed by atoms with Crippen molar-refractivity contribution in [2.24, 2.45) is 0 Å². The van der Waals surface area contributed by atoms with Crippen LogP contribution in [0.4, 0.5) is 0 Å². The van der Waals surface area contributed by atoms with Gasteiger partial charge in [-0.05, 0) is 19.1 Å². The van der Waals surface area contributed by atoms with Crippen molar-refractivity contribution in [2.75, 3.05) is 6.61 Å². The highest BCUT2D eigenvalue weighted by Gasteiger charge is 2.09. The summed E-state index contributed by atoms with van der Waals surface area (Å²) in [7, 11) is 0. The molecular formula is C10H9Cl2NO3. The number of rotatable bonds is 3. The molecule has 4 nitrogen and oxygen atoms in total. The van der Waals surface area contributed by atoms with Crippen LogP contribution in [0.2, 0.25) is 10.3 Å². The van der Waals surface area contributed by atoms with Crippen molar-refractivity contribution in [3.8, 4) is 0 Å². The molecule has 0 fully saturated rings. The molecule has 0 saturated heterocycles. The third kappa shape index (κ3) is 3.40. The minimum absolute atomic E-state index is 0.0190. The van der Waals surface area contributed by atoms with Gasteiger partial charge in [-0.15, -0.1) is 0 Å². The third-order valence-electron chi connectivity index (χ3n) is 1.63. The molecule has 0 aliphatic rings. The second-order valence-electron chi connectivity index (χ2n) is 2.75. The smallest absolute Gasteiger partial charge is 0.334 e. The lowest BCUT2D eigenvalue weighted by molar-refractivity contribution is -0.137. The topological polar surface area (TPSA) is 59.4 Å². The van der Waals surface area contributed by atoms with E-state index in [0.29, 0.717) is 0 Å². The quantitative estimate of drug-likeness (QED) is 0.394.